The molecular formula is C18H16. The molecule has 0 nitrogen and oxygen atoms in total. The van der Waals surface area contributed by atoms with Crippen LogP contribution >= 0.6 is 0 Å². The van der Waals surface area contributed by atoms with Crippen LogP contribution in [0, 0.1) is 13.8 Å². The average Bonchev–Trinajstić information content (AvgIpc) is 2.39. The van der Waals surface area contributed by atoms with Crippen LogP contribution in [0.4, 0.5) is 0 Å². The van der Waals surface area contributed by atoms with Crippen molar-refractivity contribution in [3.63, 3.8) is 0 Å². The molecule has 0 saturated heterocycles. The van der Waals surface area contributed by atoms with Crippen molar-refractivity contribution in [2.75, 3.05) is 0 Å². The largest absolute Gasteiger partial charge is 0.0610 e. The van der Waals surface area contributed by atoms with Crippen LogP contribution < -0.4 is 0 Å². The highest BCUT2D eigenvalue weighted by Gasteiger charge is 2.03. The fraction of sp³-hybridized carbons (Fsp3) is 0.111. The minimum absolute atomic E-state index is 1.29. The van der Waals surface area contributed by atoms with Gasteiger partial charge in [0.1, 0.15) is 0 Å². The highest BCUT2D eigenvalue weighted by atomic mass is 14.1. The summed E-state index contributed by atoms with van der Waals surface area (Å²) < 4.78 is 0. The van der Waals surface area contributed by atoms with Crippen molar-refractivity contribution in [1.82, 2.24) is 0 Å². The van der Waals surface area contributed by atoms with Gasteiger partial charge in [0.25, 0.3) is 0 Å². The fourth-order valence-electron chi connectivity index (χ4n) is 2.37. The molecule has 0 atom stereocenters. The summed E-state index contributed by atoms with van der Waals surface area (Å²) in [4.78, 5) is 0. The SMILES string of the molecule is Cc1ccc(-c2cccc3ccc(C)cc23)cc1. The third kappa shape index (κ3) is 1.91. The van der Waals surface area contributed by atoms with E-state index >= 15 is 0 Å². The lowest BCUT2D eigenvalue weighted by atomic mass is 9.96. The third-order valence-electron chi connectivity index (χ3n) is 3.40. The van der Waals surface area contributed by atoms with Crippen molar-refractivity contribution in [2.24, 2.45) is 0 Å². The molecule has 88 valence electrons. The standard InChI is InChI=1S/C18H16/c1-13-6-9-16(10-7-13)17-5-3-4-15-11-8-14(2)12-18(15)17/h3-12H,1-2H3. The van der Waals surface area contributed by atoms with Gasteiger partial charge >= 0.3 is 0 Å². The van der Waals surface area contributed by atoms with E-state index in [1.165, 1.54) is 33.0 Å². The van der Waals surface area contributed by atoms with Gasteiger partial charge in [0, 0.05) is 0 Å². The van der Waals surface area contributed by atoms with Gasteiger partial charge in [-0.25, -0.2) is 0 Å². The molecule has 18 heavy (non-hydrogen) atoms. The molecule has 0 fully saturated rings. The monoisotopic (exact) mass is 232 g/mol. The van der Waals surface area contributed by atoms with Gasteiger partial charge in [-0.1, -0.05) is 71.8 Å². The molecule has 0 spiro atoms. The van der Waals surface area contributed by atoms with Crippen molar-refractivity contribution in [3.05, 3.63) is 71.8 Å². The summed E-state index contributed by atoms with van der Waals surface area (Å²) in [5.74, 6) is 0. The summed E-state index contributed by atoms with van der Waals surface area (Å²) in [5.41, 5.74) is 5.21. The normalized spacial score (nSPS) is 10.8. The van der Waals surface area contributed by atoms with Crippen LogP contribution in [0.15, 0.2) is 60.7 Å². The Kier molecular flexibility index (Phi) is 2.64. The molecule has 0 amide bonds. The van der Waals surface area contributed by atoms with Gasteiger partial charge in [0.05, 0.1) is 0 Å². The lowest BCUT2D eigenvalue weighted by Gasteiger charge is -2.08. The zero-order chi connectivity index (χ0) is 12.5. The Hall–Kier alpha value is -2.08. The van der Waals surface area contributed by atoms with E-state index in [9.17, 15) is 0 Å². The minimum atomic E-state index is 1.29. The maximum absolute atomic E-state index is 2.27. The van der Waals surface area contributed by atoms with Crippen molar-refractivity contribution in [2.45, 2.75) is 13.8 Å². The minimum Gasteiger partial charge on any atom is -0.0610 e. The van der Waals surface area contributed by atoms with Crippen LogP contribution in [0.3, 0.4) is 0 Å². The molecule has 3 aromatic carbocycles. The van der Waals surface area contributed by atoms with Crippen LogP contribution in [-0.4, -0.2) is 0 Å². The van der Waals surface area contributed by atoms with Crippen LogP contribution in [0.2, 0.25) is 0 Å². The average molecular weight is 232 g/mol. The third-order valence-corrected chi connectivity index (χ3v) is 3.40. The summed E-state index contributed by atoms with van der Waals surface area (Å²) >= 11 is 0. The highest BCUT2D eigenvalue weighted by molar-refractivity contribution is 5.97. The van der Waals surface area contributed by atoms with Gasteiger partial charge in [-0.3, -0.25) is 0 Å². The second-order valence-electron chi connectivity index (χ2n) is 4.90. The first kappa shape index (κ1) is 11.0. The van der Waals surface area contributed by atoms with Crippen LogP contribution in [-0.2, 0) is 0 Å². The Morgan fingerprint density at radius 2 is 1.39 bits per heavy atom. The summed E-state index contributed by atoms with van der Waals surface area (Å²) in [6.45, 7) is 4.27. The second-order valence-corrected chi connectivity index (χ2v) is 4.90. The van der Waals surface area contributed by atoms with Crippen molar-refractivity contribution in [1.29, 1.82) is 0 Å². The number of benzene rings is 3. The highest BCUT2D eigenvalue weighted by Crippen LogP contribution is 2.29. The molecule has 0 aliphatic carbocycles. The number of hydrogen-bond acceptors (Lipinski definition) is 0. The van der Waals surface area contributed by atoms with Crippen LogP contribution in [0.25, 0.3) is 21.9 Å². The summed E-state index contributed by atoms with van der Waals surface area (Å²) in [6.07, 6.45) is 0. The topological polar surface area (TPSA) is 0 Å². The molecule has 0 radical (unpaired) electrons. The first-order chi connectivity index (χ1) is 8.74. The Morgan fingerprint density at radius 1 is 0.667 bits per heavy atom. The van der Waals surface area contributed by atoms with E-state index in [2.05, 4.69) is 74.5 Å². The predicted octanol–water partition coefficient (Wildman–Crippen LogP) is 5.12. The van der Waals surface area contributed by atoms with E-state index in [1.54, 1.807) is 0 Å². The zero-order valence-electron chi connectivity index (χ0n) is 10.8. The van der Waals surface area contributed by atoms with Crippen LogP contribution in [0.5, 0.6) is 0 Å². The first-order valence-electron chi connectivity index (χ1n) is 6.30. The molecular weight excluding hydrogens is 216 g/mol. The molecule has 0 heteroatoms. The lowest BCUT2D eigenvalue weighted by Crippen LogP contribution is -1.83. The molecule has 0 aromatic heterocycles. The molecule has 0 bridgehead atoms. The number of fused-ring (bicyclic) bond motifs is 1. The molecule has 3 rings (SSSR count). The zero-order valence-corrected chi connectivity index (χ0v) is 10.8. The summed E-state index contributed by atoms with van der Waals surface area (Å²) in [7, 11) is 0. The van der Waals surface area contributed by atoms with Crippen molar-refractivity contribution >= 4 is 10.8 Å². The smallest absolute Gasteiger partial charge is 0.0103 e. The Balaban J connectivity index is 2.28. The summed E-state index contributed by atoms with van der Waals surface area (Å²) in [6, 6.07) is 21.9. The second kappa shape index (κ2) is 4.30. The van der Waals surface area contributed by atoms with E-state index in [0.29, 0.717) is 0 Å². The number of hydrogen-bond donors (Lipinski definition) is 0. The first-order valence-corrected chi connectivity index (χ1v) is 6.30. The number of rotatable bonds is 1. The molecule has 0 aliphatic heterocycles. The van der Waals surface area contributed by atoms with Crippen LogP contribution in [0.1, 0.15) is 11.1 Å². The lowest BCUT2D eigenvalue weighted by molar-refractivity contribution is 1.47. The van der Waals surface area contributed by atoms with E-state index in [-0.39, 0.29) is 0 Å². The van der Waals surface area contributed by atoms with E-state index in [0.717, 1.165) is 0 Å². The van der Waals surface area contributed by atoms with E-state index < -0.39 is 0 Å². The molecule has 0 unspecified atom stereocenters. The molecule has 0 heterocycles. The molecule has 0 aliphatic rings. The van der Waals surface area contributed by atoms with Crippen molar-refractivity contribution in [3.8, 4) is 11.1 Å². The Bertz CT molecular complexity index is 691. The Labute approximate surface area is 108 Å². The van der Waals surface area contributed by atoms with Gasteiger partial charge < -0.3 is 0 Å². The van der Waals surface area contributed by atoms with E-state index in [4.69, 9.17) is 0 Å². The maximum Gasteiger partial charge on any atom is -0.0103 e. The summed E-state index contributed by atoms with van der Waals surface area (Å²) in [5, 5.41) is 2.64. The van der Waals surface area contributed by atoms with Gasteiger partial charge in [-0.2, -0.15) is 0 Å². The van der Waals surface area contributed by atoms with Gasteiger partial charge in [0.15, 0.2) is 0 Å². The molecule has 3 aromatic rings. The fourth-order valence-corrected chi connectivity index (χ4v) is 2.37. The van der Waals surface area contributed by atoms with Crippen molar-refractivity contribution < 1.29 is 0 Å². The Morgan fingerprint density at radius 3 is 2.17 bits per heavy atom. The quantitative estimate of drug-likeness (QED) is 0.546. The van der Waals surface area contributed by atoms with Gasteiger partial charge in [0.2, 0.25) is 0 Å². The predicted molar refractivity (Wildman–Crippen MR) is 78.9 cm³/mol. The molecule has 0 saturated carbocycles. The number of aryl methyl sites for hydroxylation is 2. The van der Waals surface area contributed by atoms with Gasteiger partial charge in [-0.05, 0) is 35.7 Å². The molecule has 0 N–H and O–H groups in total. The maximum atomic E-state index is 2.27. The van der Waals surface area contributed by atoms with Gasteiger partial charge in [-0.15, -0.1) is 0 Å². The van der Waals surface area contributed by atoms with E-state index in [1.807, 2.05) is 0 Å².